The number of thiazole rings is 1. The summed E-state index contributed by atoms with van der Waals surface area (Å²) in [6.07, 6.45) is 5.22. The number of rotatable bonds is 3. The lowest BCUT2D eigenvalue weighted by atomic mass is 9.83. The minimum atomic E-state index is -0.195. The van der Waals surface area contributed by atoms with Crippen molar-refractivity contribution >= 4 is 23.1 Å². The second-order valence-electron chi connectivity index (χ2n) is 7.90. The van der Waals surface area contributed by atoms with E-state index < -0.39 is 0 Å². The number of aryl methyl sites for hydroxylation is 1. The number of fused-ring (bicyclic) bond motifs is 3. The molecule has 1 aliphatic heterocycles. The third kappa shape index (κ3) is 2.99. The SMILES string of the molecule is COc1ccc([C@H]2C3=C(N=c4s/c(=C\c5ccco5)c(=O)n42)c2ccccc2CC3)cc1. The topological polar surface area (TPSA) is 56.7 Å². The fraction of sp³-hybridized carbons (Fsp3) is 0.154. The number of benzene rings is 2. The zero-order valence-corrected chi connectivity index (χ0v) is 18.3. The second-order valence-corrected chi connectivity index (χ2v) is 8.91. The van der Waals surface area contributed by atoms with Crippen LogP contribution < -0.4 is 19.6 Å². The highest BCUT2D eigenvalue weighted by molar-refractivity contribution is 7.07. The van der Waals surface area contributed by atoms with E-state index in [0.29, 0.717) is 15.1 Å². The molecule has 0 N–H and O–H groups in total. The zero-order chi connectivity index (χ0) is 21.7. The van der Waals surface area contributed by atoms with Gasteiger partial charge in [-0.1, -0.05) is 47.7 Å². The summed E-state index contributed by atoms with van der Waals surface area (Å²) in [6, 6.07) is 19.9. The van der Waals surface area contributed by atoms with Crippen LogP contribution in [-0.4, -0.2) is 11.7 Å². The molecule has 0 spiro atoms. The van der Waals surface area contributed by atoms with Crippen molar-refractivity contribution in [1.29, 1.82) is 0 Å². The fourth-order valence-corrected chi connectivity index (χ4v) is 5.59. The predicted octanol–water partition coefficient (Wildman–Crippen LogP) is 3.92. The first kappa shape index (κ1) is 19.1. The van der Waals surface area contributed by atoms with Gasteiger partial charge in [-0.05, 0) is 53.8 Å². The van der Waals surface area contributed by atoms with E-state index in [9.17, 15) is 4.79 Å². The molecule has 1 aliphatic carbocycles. The maximum atomic E-state index is 13.6. The second kappa shape index (κ2) is 7.50. The number of hydrogen-bond donors (Lipinski definition) is 0. The lowest BCUT2D eigenvalue weighted by Crippen LogP contribution is -2.38. The van der Waals surface area contributed by atoms with Crippen molar-refractivity contribution in [2.24, 2.45) is 4.99 Å². The molecule has 158 valence electrons. The zero-order valence-electron chi connectivity index (χ0n) is 17.4. The number of furan rings is 1. The summed E-state index contributed by atoms with van der Waals surface area (Å²) >= 11 is 1.41. The van der Waals surface area contributed by atoms with Gasteiger partial charge in [0, 0.05) is 11.6 Å². The summed E-state index contributed by atoms with van der Waals surface area (Å²) in [6.45, 7) is 0. The molecule has 0 bridgehead atoms. The number of nitrogens with zero attached hydrogens (tertiary/aromatic N) is 2. The Morgan fingerprint density at radius 1 is 1.09 bits per heavy atom. The van der Waals surface area contributed by atoms with Crippen molar-refractivity contribution in [1.82, 2.24) is 4.57 Å². The number of ether oxygens (including phenoxy) is 1. The maximum absolute atomic E-state index is 13.6. The van der Waals surface area contributed by atoms with E-state index in [1.165, 1.54) is 22.5 Å². The molecule has 0 fully saturated rings. The molecule has 32 heavy (non-hydrogen) atoms. The number of hydrogen-bond acceptors (Lipinski definition) is 5. The van der Waals surface area contributed by atoms with E-state index in [0.717, 1.165) is 35.4 Å². The smallest absolute Gasteiger partial charge is 0.271 e. The Morgan fingerprint density at radius 3 is 2.72 bits per heavy atom. The van der Waals surface area contributed by atoms with Crippen molar-refractivity contribution in [2.75, 3.05) is 7.11 Å². The first-order chi connectivity index (χ1) is 15.7. The predicted molar refractivity (Wildman–Crippen MR) is 124 cm³/mol. The van der Waals surface area contributed by atoms with Crippen LogP contribution in [0.2, 0.25) is 0 Å². The van der Waals surface area contributed by atoms with Crippen LogP contribution in [0.5, 0.6) is 5.75 Å². The highest BCUT2D eigenvalue weighted by Crippen LogP contribution is 2.41. The normalized spacial score (nSPS) is 17.4. The molecule has 6 rings (SSSR count). The first-order valence-electron chi connectivity index (χ1n) is 10.5. The standard InChI is InChI=1S/C26H20N2O3S/c1-30-18-11-8-17(9-12-18)24-21-13-10-16-5-2-3-7-20(16)23(21)27-26-28(24)25(29)22(32-26)15-19-6-4-14-31-19/h2-9,11-12,14-15,24H,10,13H2,1H3/b22-15-/t24-/m0/s1. The van der Waals surface area contributed by atoms with Gasteiger partial charge < -0.3 is 9.15 Å². The van der Waals surface area contributed by atoms with Gasteiger partial charge in [0.15, 0.2) is 4.80 Å². The van der Waals surface area contributed by atoms with Crippen LogP contribution >= 0.6 is 11.3 Å². The van der Waals surface area contributed by atoms with Gasteiger partial charge in [-0.2, -0.15) is 0 Å². The minimum absolute atomic E-state index is 0.0450. The van der Waals surface area contributed by atoms with Crippen molar-refractivity contribution in [3.63, 3.8) is 0 Å². The van der Waals surface area contributed by atoms with Crippen molar-refractivity contribution in [3.8, 4) is 5.75 Å². The van der Waals surface area contributed by atoms with Gasteiger partial charge in [0.2, 0.25) is 0 Å². The van der Waals surface area contributed by atoms with Gasteiger partial charge in [0.1, 0.15) is 11.5 Å². The highest BCUT2D eigenvalue weighted by atomic mass is 32.1. The molecular formula is C26H20N2O3S. The van der Waals surface area contributed by atoms with Crippen LogP contribution in [-0.2, 0) is 6.42 Å². The molecule has 2 aromatic heterocycles. The largest absolute Gasteiger partial charge is 0.497 e. The van der Waals surface area contributed by atoms with Crippen LogP contribution in [0.1, 0.15) is 34.9 Å². The molecule has 6 heteroatoms. The molecule has 0 saturated carbocycles. The Hall–Kier alpha value is -3.64. The average Bonchev–Trinajstić information content (AvgIpc) is 3.46. The lowest BCUT2D eigenvalue weighted by molar-refractivity contribution is 0.414. The molecule has 0 amide bonds. The van der Waals surface area contributed by atoms with Crippen molar-refractivity contribution in [2.45, 2.75) is 18.9 Å². The fourth-order valence-electron chi connectivity index (χ4n) is 4.61. The summed E-state index contributed by atoms with van der Waals surface area (Å²) in [5, 5.41) is 0. The van der Waals surface area contributed by atoms with Crippen molar-refractivity contribution < 1.29 is 9.15 Å². The maximum Gasteiger partial charge on any atom is 0.271 e. The Kier molecular flexibility index (Phi) is 4.47. The summed E-state index contributed by atoms with van der Waals surface area (Å²) in [5.74, 6) is 1.45. The number of aromatic nitrogens is 1. The highest BCUT2D eigenvalue weighted by Gasteiger charge is 2.32. The van der Waals surface area contributed by atoms with Gasteiger partial charge in [-0.25, -0.2) is 4.99 Å². The third-order valence-corrected chi connectivity index (χ3v) is 7.10. The molecule has 3 heterocycles. The van der Waals surface area contributed by atoms with E-state index in [4.69, 9.17) is 14.1 Å². The molecule has 4 aromatic rings. The Bertz CT molecular complexity index is 1520. The Balaban J connectivity index is 1.63. The Morgan fingerprint density at radius 2 is 1.94 bits per heavy atom. The molecule has 0 unspecified atom stereocenters. The molecule has 5 nitrogen and oxygen atoms in total. The van der Waals surface area contributed by atoms with Gasteiger partial charge >= 0.3 is 0 Å². The summed E-state index contributed by atoms with van der Waals surface area (Å²) in [4.78, 5) is 19.3. The van der Waals surface area contributed by atoms with Crippen LogP contribution in [0, 0.1) is 0 Å². The quantitative estimate of drug-likeness (QED) is 0.485. The number of allylic oxidation sites excluding steroid dienone is 1. The lowest BCUT2D eigenvalue weighted by Gasteiger charge is -2.30. The van der Waals surface area contributed by atoms with Crippen LogP contribution in [0.3, 0.4) is 0 Å². The van der Waals surface area contributed by atoms with Crippen LogP contribution in [0.25, 0.3) is 11.8 Å². The van der Waals surface area contributed by atoms with Crippen molar-refractivity contribution in [3.05, 3.63) is 115 Å². The van der Waals surface area contributed by atoms with E-state index in [1.807, 2.05) is 41.0 Å². The van der Waals surface area contributed by atoms with Crippen LogP contribution in [0.15, 0.2) is 86.7 Å². The van der Waals surface area contributed by atoms with E-state index in [1.54, 1.807) is 19.4 Å². The molecule has 1 atom stereocenters. The number of methoxy groups -OCH3 is 1. The van der Waals surface area contributed by atoms with Gasteiger partial charge in [0.05, 0.1) is 29.6 Å². The summed E-state index contributed by atoms with van der Waals surface area (Å²) < 4.78 is 13.3. The average molecular weight is 441 g/mol. The molecule has 0 saturated heterocycles. The van der Waals surface area contributed by atoms with Gasteiger partial charge in [-0.15, -0.1) is 0 Å². The van der Waals surface area contributed by atoms with Gasteiger partial charge in [-0.3, -0.25) is 9.36 Å². The molecular weight excluding hydrogens is 420 g/mol. The first-order valence-corrected chi connectivity index (χ1v) is 11.3. The Labute approximate surface area is 188 Å². The monoisotopic (exact) mass is 440 g/mol. The summed E-state index contributed by atoms with van der Waals surface area (Å²) in [7, 11) is 1.66. The molecule has 2 aromatic carbocycles. The van der Waals surface area contributed by atoms with E-state index >= 15 is 0 Å². The van der Waals surface area contributed by atoms with E-state index in [2.05, 4.69) is 24.3 Å². The van der Waals surface area contributed by atoms with E-state index in [-0.39, 0.29) is 11.6 Å². The van der Waals surface area contributed by atoms with Crippen LogP contribution in [0.4, 0.5) is 0 Å². The molecule has 2 aliphatic rings. The third-order valence-electron chi connectivity index (χ3n) is 6.12. The molecule has 0 radical (unpaired) electrons. The minimum Gasteiger partial charge on any atom is -0.497 e. The van der Waals surface area contributed by atoms with Gasteiger partial charge in [0.25, 0.3) is 5.56 Å². The summed E-state index contributed by atoms with van der Waals surface area (Å²) in [5.41, 5.74) is 5.66.